The van der Waals surface area contributed by atoms with Crippen LogP contribution in [0.25, 0.3) is 0 Å². The zero-order chi connectivity index (χ0) is 21.4. The summed E-state index contributed by atoms with van der Waals surface area (Å²) in [5, 5.41) is 15.2. The second-order valence-corrected chi connectivity index (χ2v) is 7.32. The fraction of sp³-hybridized carbons (Fsp3) is 0.263. The Labute approximate surface area is 168 Å². The molecule has 3 rings (SSSR count). The van der Waals surface area contributed by atoms with Gasteiger partial charge in [0.25, 0.3) is 0 Å². The zero-order valence-corrected chi connectivity index (χ0v) is 16.1. The normalized spacial score (nSPS) is 13.9. The molecule has 154 valence electrons. The van der Waals surface area contributed by atoms with Crippen LogP contribution in [0.5, 0.6) is 5.75 Å². The number of benzene rings is 2. The summed E-state index contributed by atoms with van der Waals surface area (Å²) in [4.78, 5) is 3.74. The molecule has 29 heavy (non-hydrogen) atoms. The summed E-state index contributed by atoms with van der Waals surface area (Å²) in [6, 6.07) is 4.15. The molecule has 0 saturated carbocycles. The van der Waals surface area contributed by atoms with Crippen molar-refractivity contribution in [2.24, 2.45) is 0 Å². The summed E-state index contributed by atoms with van der Waals surface area (Å²) in [6.45, 7) is 2.11. The molecular formula is C19H16ClF4N3O2. The van der Waals surface area contributed by atoms with Crippen molar-refractivity contribution in [3.05, 3.63) is 76.8 Å². The molecule has 0 aliphatic rings. The van der Waals surface area contributed by atoms with Crippen molar-refractivity contribution in [1.29, 1.82) is 0 Å². The highest BCUT2D eigenvalue weighted by molar-refractivity contribution is 6.30. The monoisotopic (exact) mass is 429 g/mol. The number of nitrogens with zero attached hydrogens (tertiary/aromatic N) is 3. The summed E-state index contributed by atoms with van der Waals surface area (Å²) in [7, 11) is 0. The van der Waals surface area contributed by atoms with E-state index >= 15 is 0 Å². The van der Waals surface area contributed by atoms with Crippen molar-refractivity contribution in [2.75, 3.05) is 0 Å². The Morgan fingerprint density at radius 1 is 1.07 bits per heavy atom. The largest absolute Gasteiger partial charge is 0.478 e. The highest BCUT2D eigenvalue weighted by Crippen LogP contribution is 2.41. The van der Waals surface area contributed by atoms with Crippen molar-refractivity contribution >= 4 is 11.6 Å². The summed E-state index contributed by atoms with van der Waals surface area (Å²) >= 11 is 5.62. The molecule has 5 nitrogen and oxygen atoms in total. The number of ether oxygens (including phenoxy) is 1. The van der Waals surface area contributed by atoms with Gasteiger partial charge in [-0.15, -0.1) is 0 Å². The molecule has 3 aromatic rings. The van der Waals surface area contributed by atoms with Gasteiger partial charge in [-0.3, -0.25) is 0 Å². The van der Waals surface area contributed by atoms with Crippen LogP contribution in [0.4, 0.5) is 17.6 Å². The van der Waals surface area contributed by atoms with Gasteiger partial charge in [0.2, 0.25) is 0 Å². The predicted octanol–water partition coefficient (Wildman–Crippen LogP) is 4.23. The van der Waals surface area contributed by atoms with Crippen LogP contribution in [0, 0.1) is 23.3 Å². The number of hydrogen-bond donors (Lipinski definition) is 1. The molecule has 2 aromatic carbocycles. The maximum atomic E-state index is 14.6. The van der Waals surface area contributed by atoms with E-state index in [0.29, 0.717) is 0 Å². The lowest BCUT2D eigenvalue weighted by atomic mass is 9.79. The molecule has 1 unspecified atom stereocenters. The molecule has 0 aliphatic heterocycles. The van der Waals surface area contributed by atoms with E-state index < -0.39 is 52.3 Å². The third-order valence-corrected chi connectivity index (χ3v) is 4.77. The van der Waals surface area contributed by atoms with Gasteiger partial charge >= 0.3 is 0 Å². The standard InChI is InChI=1S/C19H16ClF4N3O2/c1-18(2,29-17-15(23)5-11(20)6-16(17)24)19(28,8-27-10-25-9-26-27)13-7-12(21)3-4-14(13)22/h3-7,9-10,28H,8H2,1-2H3. The van der Waals surface area contributed by atoms with Gasteiger partial charge in [-0.2, -0.15) is 5.10 Å². The third kappa shape index (κ3) is 4.06. The minimum atomic E-state index is -2.31. The average Bonchev–Trinajstić information content (AvgIpc) is 3.12. The average molecular weight is 430 g/mol. The molecular weight excluding hydrogens is 414 g/mol. The van der Waals surface area contributed by atoms with Gasteiger partial charge in [0, 0.05) is 10.6 Å². The number of halogens is 5. The quantitative estimate of drug-likeness (QED) is 0.596. The predicted molar refractivity (Wildman–Crippen MR) is 96.4 cm³/mol. The lowest BCUT2D eigenvalue weighted by molar-refractivity contribution is -0.137. The van der Waals surface area contributed by atoms with E-state index in [4.69, 9.17) is 16.3 Å². The van der Waals surface area contributed by atoms with Crippen LogP contribution in [0.2, 0.25) is 5.02 Å². The molecule has 10 heteroatoms. The highest BCUT2D eigenvalue weighted by atomic mass is 35.5. The van der Waals surface area contributed by atoms with E-state index in [1.54, 1.807) is 0 Å². The van der Waals surface area contributed by atoms with E-state index in [-0.39, 0.29) is 5.02 Å². The lowest BCUT2D eigenvalue weighted by Crippen LogP contribution is -2.55. The second kappa shape index (κ2) is 7.64. The first kappa shape index (κ1) is 21.1. The summed E-state index contributed by atoms with van der Waals surface area (Å²) < 4.78 is 63.6. The fourth-order valence-corrected chi connectivity index (χ4v) is 3.12. The first-order chi connectivity index (χ1) is 13.5. The minimum absolute atomic E-state index is 0.195. The first-order valence-corrected chi connectivity index (χ1v) is 8.75. The smallest absolute Gasteiger partial charge is 0.191 e. The number of aromatic nitrogens is 3. The van der Waals surface area contributed by atoms with E-state index in [1.165, 1.54) is 26.5 Å². The van der Waals surface area contributed by atoms with Crippen LogP contribution in [0.15, 0.2) is 43.0 Å². The summed E-state index contributed by atoms with van der Waals surface area (Å²) in [6.07, 6.45) is 2.41. The van der Waals surface area contributed by atoms with E-state index in [9.17, 15) is 22.7 Å². The number of hydrogen-bond acceptors (Lipinski definition) is 4. The molecule has 0 spiro atoms. The zero-order valence-electron chi connectivity index (χ0n) is 15.3. The maximum Gasteiger partial charge on any atom is 0.191 e. The van der Waals surface area contributed by atoms with Gasteiger partial charge in [0.05, 0.1) is 6.54 Å². The van der Waals surface area contributed by atoms with Crippen LogP contribution < -0.4 is 4.74 Å². The summed E-state index contributed by atoms with van der Waals surface area (Å²) in [5.41, 5.74) is -4.66. The Kier molecular flexibility index (Phi) is 5.55. The van der Waals surface area contributed by atoms with Gasteiger partial charge in [0.15, 0.2) is 23.0 Å². The topological polar surface area (TPSA) is 60.2 Å². The Balaban J connectivity index is 2.13. The SMILES string of the molecule is CC(C)(Oc1c(F)cc(Cl)cc1F)C(O)(Cn1cncn1)c1cc(F)ccc1F. The van der Waals surface area contributed by atoms with Crippen molar-refractivity contribution in [3.8, 4) is 5.75 Å². The van der Waals surface area contributed by atoms with Crippen LogP contribution >= 0.6 is 11.6 Å². The molecule has 0 fully saturated rings. The van der Waals surface area contributed by atoms with Crippen molar-refractivity contribution < 1.29 is 27.4 Å². The summed E-state index contributed by atoms with van der Waals surface area (Å²) in [5.74, 6) is -4.83. The fourth-order valence-electron chi connectivity index (χ4n) is 2.93. The van der Waals surface area contributed by atoms with Crippen LogP contribution in [0.1, 0.15) is 19.4 Å². The second-order valence-electron chi connectivity index (χ2n) is 6.89. The van der Waals surface area contributed by atoms with Gasteiger partial charge in [-0.05, 0) is 44.2 Å². The molecule has 1 heterocycles. The highest BCUT2D eigenvalue weighted by Gasteiger charge is 2.50. The Morgan fingerprint density at radius 2 is 1.72 bits per heavy atom. The Hall–Kier alpha value is -2.65. The molecule has 1 atom stereocenters. The molecule has 1 aromatic heterocycles. The van der Waals surface area contributed by atoms with Gasteiger partial charge in [-0.25, -0.2) is 27.2 Å². The van der Waals surface area contributed by atoms with E-state index in [0.717, 1.165) is 35.0 Å². The van der Waals surface area contributed by atoms with Crippen molar-refractivity contribution in [3.63, 3.8) is 0 Å². The third-order valence-electron chi connectivity index (χ3n) is 4.55. The van der Waals surface area contributed by atoms with Gasteiger partial charge in [-0.1, -0.05) is 11.6 Å². The maximum absolute atomic E-state index is 14.6. The van der Waals surface area contributed by atoms with Gasteiger partial charge < -0.3 is 9.84 Å². The Morgan fingerprint density at radius 3 is 2.31 bits per heavy atom. The van der Waals surface area contributed by atoms with Crippen molar-refractivity contribution in [1.82, 2.24) is 14.8 Å². The molecule has 1 N–H and O–H groups in total. The molecule has 0 bridgehead atoms. The lowest BCUT2D eigenvalue weighted by Gasteiger charge is -2.42. The van der Waals surface area contributed by atoms with Crippen LogP contribution in [0.3, 0.4) is 0 Å². The van der Waals surface area contributed by atoms with Crippen LogP contribution in [-0.2, 0) is 12.1 Å². The molecule has 0 aliphatic carbocycles. The molecule has 0 saturated heterocycles. The Bertz CT molecular complexity index is 1010. The van der Waals surface area contributed by atoms with E-state index in [1.807, 2.05) is 0 Å². The van der Waals surface area contributed by atoms with Crippen LogP contribution in [-0.4, -0.2) is 25.5 Å². The molecule has 0 radical (unpaired) electrons. The van der Waals surface area contributed by atoms with Gasteiger partial charge in [0.1, 0.15) is 29.9 Å². The van der Waals surface area contributed by atoms with Crippen molar-refractivity contribution in [2.45, 2.75) is 31.6 Å². The number of aliphatic hydroxyl groups is 1. The number of rotatable bonds is 6. The first-order valence-electron chi connectivity index (χ1n) is 8.37. The molecule has 0 amide bonds. The van der Waals surface area contributed by atoms with E-state index in [2.05, 4.69) is 10.1 Å². The minimum Gasteiger partial charge on any atom is -0.478 e.